The van der Waals surface area contributed by atoms with Crippen molar-refractivity contribution in [1.29, 1.82) is 0 Å². The summed E-state index contributed by atoms with van der Waals surface area (Å²) in [6, 6.07) is 10.9. The quantitative estimate of drug-likeness (QED) is 0.909. The first kappa shape index (κ1) is 17.3. The molecule has 1 aliphatic heterocycles. The highest BCUT2D eigenvalue weighted by Gasteiger charge is 2.32. The van der Waals surface area contributed by atoms with Crippen molar-refractivity contribution < 1.29 is 14.3 Å². The fourth-order valence-electron chi connectivity index (χ4n) is 2.69. The molecule has 1 aliphatic rings. The van der Waals surface area contributed by atoms with Gasteiger partial charge in [0.05, 0.1) is 5.69 Å². The van der Waals surface area contributed by atoms with Crippen LogP contribution in [0, 0.1) is 13.8 Å². The number of fused-ring (bicyclic) bond motifs is 1. The van der Waals surface area contributed by atoms with Crippen molar-refractivity contribution in [2.45, 2.75) is 26.9 Å². The van der Waals surface area contributed by atoms with Crippen LogP contribution in [0.2, 0.25) is 5.02 Å². The van der Waals surface area contributed by atoms with Crippen molar-refractivity contribution in [2.24, 2.45) is 0 Å². The van der Waals surface area contributed by atoms with E-state index in [0.717, 1.165) is 11.1 Å². The first-order valence-electron chi connectivity index (χ1n) is 8.00. The second kappa shape index (κ2) is 6.76. The lowest BCUT2D eigenvalue weighted by atomic mass is 10.1. The molecule has 3 rings (SSSR count). The molecule has 0 bridgehead atoms. The Kier molecular flexibility index (Phi) is 4.68. The average Bonchev–Trinajstić information content (AvgIpc) is 2.56. The van der Waals surface area contributed by atoms with Gasteiger partial charge in [-0.15, -0.1) is 0 Å². The molecule has 0 spiro atoms. The van der Waals surface area contributed by atoms with E-state index in [4.69, 9.17) is 16.3 Å². The molecule has 0 aliphatic carbocycles. The Bertz CT molecular complexity index is 851. The van der Waals surface area contributed by atoms with E-state index in [-0.39, 0.29) is 18.4 Å². The molecule has 0 saturated carbocycles. The number of halogens is 1. The van der Waals surface area contributed by atoms with Gasteiger partial charge in [0.2, 0.25) is 5.91 Å². The molecule has 0 fully saturated rings. The van der Waals surface area contributed by atoms with Gasteiger partial charge in [0.25, 0.3) is 5.91 Å². The fourth-order valence-corrected chi connectivity index (χ4v) is 2.88. The Labute approximate surface area is 151 Å². The number of nitrogens with one attached hydrogen (secondary N) is 1. The van der Waals surface area contributed by atoms with E-state index in [0.29, 0.717) is 22.1 Å². The Morgan fingerprint density at radius 3 is 2.72 bits per heavy atom. The summed E-state index contributed by atoms with van der Waals surface area (Å²) in [6.07, 6.45) is -0.628. The molecular formula is C19H19ClN2O3. The molecule has 2 aromatic rings. The molecule has 5 nitrogen and oxygen atoms in total. The van der Waals surface area contributed by atoms with Crippen molar-refractivity contribution in [3.05, 3.63) is 52.5 Å². The van der Waals surface area contributed by atoms with Gasteiger partial charge < -0.3 is 10.1 Å². The Hall–Kier alpha value is -2.53. The summed E-state index contributed by atoms with van der Waals surface area (Å²) in [5, 5.41) is 3.36. The van der Waals surface area contributed by atoms with Crippen LogP contribution < -0.4 is 15.0 Å². The molecule has 130 valence electrons. The number of amides is 2. The molecule has 2 aromatic carbocycles. The number of benzene rings is 2. The van der Waals surface area contributed by atoms with Gasteiger partial charge in [-0.25, -0.2) is 0 Å². The summed E-state index contributed by atoms with van der Waals surface area (Å²) in [4.78, 5) is 26.4. The third-order valence-electron chi connectivity index (χ3n) is 4.08. The molecular weight excluding hydrogens is 340 g/mol. The third-order valence-corrected chi connectivity index (χ3v) is 4.49. The van der Waals surface area contributed by atoms with Crippen molar-refractivity contribution >= 4 is 34.8 Å². The molecule has 0 saturated heterocycles. The lowest BCUT2D eigenvalue weighted by Crippen LogP contribution is -2.47. The largest absolute Gasteiger partial charge is 0.479 e. The maximum Gasteiger partial charge on any atom is 0.268 e. The maximum absolute atomic E-state index is 12.5. The van der Waals surface area contributed by atoms with Gasteiger partial charge in [-0.3, -0.25) is 14.5 Å². The SMILES string of the molecule is Cc1ccc2c(c1)N(CC(=O)Nc1ccc(C)c(Cl)c1)C(=O)C(C)O2. The van der Waals surface area contributed by atoms with Crippen LogP contribution in [0.3, 0.4) is 0 Å². The summed E-state index contributed by atoms with van der Waals surface area (Å²) in [6.45, 7) is 5.40. The minimum atomic E-state index is -0.628. The zero-order valence-electron chi connectivity index (χ0n) is 14.3. The molecule has 1 unspecified atom stereocenters. The van der Waals surface area contributed by atoms with Gasteiger partial charge in [-0.05, 0) is 56.2 Å². The van der Waals surface area contributed by atoms with Gasteiger partial charge >= 0.3 is 0 Å². The summed E-state index contributed by atoms with van der Waals surface area (Å²) < 4.78 is 5.62. The Balaban J connectivity index is 1.81. The predicted octanol–water partition coefficient (Wildman–Crippen LogP) is 3.71. The zero-order valence-corrected chi connectivity index (χ0v) is 15.1. The first-order valence-corrected chi connectivity index (χ1v) is 8.37. The summed E-state index contributed by atoms with van der Waals surface area (Å²) >= 11 is 6.08. The minimum absolute atomic E-state index is 0.0888. The van der Waals surface area contributed by atoms with Crippen LogP contribution in [0.25, 0.3) is 0 Å². The number of anilines is 2. The van der Waals surface area contributed by atoms with E-state index in [9.17, 15) is 9.59 Å². The molecule has 1 heterocycles. The van der Waals surface area contributed by atoms with Gasteiger partial charge in [0.15, 0.2) is 6.10 Å². The normalized spacial score (nSPS) is 16.2. The van der Waals surface area contributed by atoms with Crippen molar-refractivity contribution in [3.63, 3.8) is 0 Å². The van der Waals surface area contributed by atoms with Gasteiger partial charge in [0, 0.05) is 10.7 Å². The van der Waals surface area contributed by atoms with Crippen LogP contribution in [-0.4, -0.2) is 24.5 Å². The highest BCUT2D eigenvalue weighted by molar-refractivity contribution is 6.31. The van der Waals surface area contributed by atoms with Gasteiger partial charge in [0.1, 0.15) is 12.3 Å². The highest BCUT2D eigenvalue weighted by Crippen LogP contribution is 2.34. The van der Waals surface area contributed by atoms with E-state index < -0.39 is 6.10 Å². The Morgan fingerprint density at radius 1 is 1.24 bits per heavy atom. The Morgan fingerprint density at radius 2 is 2.00 bits per heavy atom. The summed E-state index contributed by atoms with van der Waals surface area (Å²) in [5.74, 6) is 0.0638. The van der Waals surface area contributed by atoms with Crippen LogP contribution in [0.15, 0.2) is 36.4 Å². The average molecular weight is 359 g/mol. The summed E-state index contributed by atoms with van der Waals surface area (Å²) in [5.41, 5.74) is 3.13. The van der Waals surface area contributed by atoms with Crippen molar-refractivity contribution in [2.75, 3.05) is 16.8 Å². The maximum atomic E-state index is 12.5. The smallest absolute Gasteiger partial charge is 0.268 e. The van der Waals surface area contributed by atoms with Crippen molar-refractivity contribution in [1.82, 2.24) is 0 Å². The molecule has 25 heavy (non-hydrogen) atoms. The second-order valence-corrected chi connectivity index (χ2v) is 6.57. The number of hydrogen-bond donors (Lipinski definition) is 1. The number of carbonyl (C=O) groups excluding carboxylic acids is 2. The van der Waals surface area contributed by atoms with Crippen LogP contribution in [0.1, 0.15) is 18.1 Å². The second-order valence-electron chi connectivity index (χ2n) is 6.17. The minimum Gasteiger partial charge on any atom is -0.479 e. The van der Waals surface area contributed by atoms with E-state index in [1.807, 2.05) is 38.1 Å². The first-order chi connectivity index (χ1) is 11.8. The topological polar surface area (TPSA) is 58.6 Å². The number of carbonyl (C=O) groups is 2. The number of rotatable bonds is 3. The van der Waals surface area contributed by atoms with Gasteiger partial charge in [-0.2, -0.15) is 0 Å². The van der Waals surface area contributed by atoms with Crippen LogP contribution in [-0.2, 0) is 9.59 Å². The van der Waals surface area contributed by atoms with Crippen LogP contribution in [0.5, 0.6) is 5.75 Å². The molecule has 1 atom stereocenters. The van der Waals surface area contributed by atoms with Crippen LogP contribution >= 0.6 is 11.6 Å². The van der Waals surface area contributed by atoms with E-state index in [1.54, 1.807) is 19.1 Å². The number of ether oxygens (including phenoxy) is 1. The third kappa shape index (κ3) is 3.61. The van der Waals surface area contributed by atoms with Crippen molar-refractivity contribution in [3.8, 4) is 5.75 Å². The number of hydrogen-bond acceptors (Lipinski definition) is 3. The molecule has 6 heteroatoms. The number of nitrogens with zero attached hydrogens (tertiary/aromatic N) is 1. The number of aryl methyl sites for hydroxylation is 2. The molecule has 2 amide bonds. The lowest BCUT2D eigenvalue weighted by molar-refractivity contribution is -0.127. The standard InChI is InChI=1S/C19H19ClN2O3/c1-11-4-7-17-16(8-11)22(19(24)13(3)25-17)10-18(23)21-14-6-5-12(2)15(20)9-14/h4-9,13H,10H2,1-3H3,(H,21,23). The summed E-state index contributed by atoms with van der Waals surface area (Å²) in [7, 11) is 0. The molecule has 0 aromatic heterocycles. The van der Waals surface area contributed by atoms with E-state index in [1.165, 1.54) is 4.90 Å². The lowest BCUT2D eigenvalue weighted by Gasteiger charge is -2.32. The monoisotopic (exact) mass is 358 g/mol. The zero-order chi connectivity index (χ0) is 18.1. The highest BCUT2D eigenvalue weighted by atomic mass is 35.5. The van der Waals surface area contributed by atoms with E-state index in [2.05, 4.69) is 5.32 Å². The molecule has 1 N–H and O–H groups in total. The fraction of sp³-hybridized carbons (Fsp3) is 0.263. The van der Waals surface area contributed by atoms with E-state index >= 15 is 0 Å². The predicted molar refractivity (Wildman–Crippen MR) is 98.4 cm³/mol. The molecule has 0 radical (unpaired) electrons. The van der Waals surface area contributed by atoms with Gasteiger partial charge in [-0.1, -0.05) is 23.7 Å². The van der Waals surface area contributed by atoms with Crippen LogP contribution in [0.4, 0.5) is 11.4 Å².